The molecular formula is C18H24N2O2. The molecule has 0 saturated heterocycles. The first-order chi connectivity index (χ1) is 10.5. The van der Waals surface area contributed by atoms with Gasteiger partial charge in [-0.3, -0.25) is 0 Å². The zero-order chi connectivity index (χ0) is 16.1. The van der Waals surface area contributed by atoms with Crippen LogP contribution in [-0.4, -0.2) is 30.9 Å². The van der Waals surface area contributed by atoms with Crippen LogP contribution in [0.3, 0.4) is 0 Å². The van der Waals surface area contributed by atoms with Gasteiger partial charge in [-0.15, -0.1) is 0 Å². The van der Waals surface area contributed by atoms with Gasteiger partial charge in [-0.05, 0) is 31.5 Å². The third kappa shape index (κ3) is 4.15. The first-order valence-electron chi connectivity index (χ1n) is 7.46. The van der Waals surface area contributed by atoms with Gasteiger partial charge in [0.15, 0.2) is 11.5 Å². The van der Waals surface area contributed by atoms with E-state index in [1.54, 1.807) is 6.07 Å². The Hall–Kier alpha value is -2.20. The standard InChI is InChI=1S/C18H24N2O2/c1-13-4-6-14(7-5-13)8-9-19-12-15-10-16(20(2)3)11-17(21)18(15)22/h4-7,10-11,19,21-22H,8-9,12H2,1-3H3. The molecule has 0 unspecified atom stereocenters. The molecule has 4 heteroatoms. The highest BCUT2D eigenvalue weighted by Crippen LogP contribution is 2.33. The van der Waals surface area contributed by atoms with Gasteiger partial charge in [0.2, 0.25) is 0 Å². The fourth-order valence-corrected chi connectivity index (χ4v) is 2.26. The minimum atomic E-state index is -0.0819. The van der Waals surface area contributed by atoms with E-state index in [-0.39, 0.29) is 11.5 Å². The van der Waals surface area contributed by atoms with Crippen LogP contribution in [-0.2, 0) is 13.0 Å². The van der Waals surface area contributed by atoms with E-state index in [4.69, 9.17) is 0 Å². The predicted molar refractivity (Wildman–Crippen MR) is 90.7 cm³/mol. The topological polar surface area (TPSA) is 55.7 Å². The van der Waals surface area contributed by atoms with Crippen molar-refractivity contribution in [1.82, 2.24) is 5.32 Å². The van der Waals surface area contributed by atoms with Gasteiger partial charge >= 0.3 is 0 Å². The highest BCUT2D eigenvalue weighted by atomic mass is 16.3. The van der Waals surface area contributed by atoms with Gasteiger partial charge in [0, 0.05) is 38.0 Å². The quantitative estimate of drug-likeness (QED) is 0.567. The van der Waals surface area contributed by atoms with Gasteiger partial charge in [0.1, 0.15) is 0 Å². The molecule has 118 valence electrons. The molecule has 0 bridgehead atoms. The van der Waals surface area contributed by atoms with Crippen molar-refractivity contribution in [1.29, 1.82) is 0 Å². The summed E-state index contributed by atoms with van der Waals surface area (Å²) in [5.41, 5.74) is 4.11. The lowest BCUT2D eigenvalue weighted by molar-refractivity contribution is 0.398. The number of phenols is 2. The normalized spacial score (nSPS) is 10.7. The van der Waals surface area contributed by atoms with Crippen molar-refractivity contribution < 1.29 is 10.2 Å². The average molecular weight is 300 g/mol. The van der Waals surface area contributed by atoms with Crippen LogP contribution >= 0.6 is 0 Å². The molecule has 3 N–H and O–H groups in total. The number of nitrogens with zero attached hydrogens (tertiary/aromatic N) is 1. The number of rotatable bonds is 6. The smallest absolute Gasteiger partial charge is 0.162 e. The molecule has 0 fully saturated rings. The summed E-state index contributed by atoms with van der Waals surface area (Å²) >= 11 is 0. The van der Waals surface area contributed by atoms with Crippen molar-refractivity contribution >= 4 is 5.69 Å². The lowest BCUT2D eigenvalue weighted by atomic mass is 10.1. The number of aryl methyl sites for hydroxylation is 1. The predicted octanol–water partition coefficient (Wildman–Crippen LogP) is 2.80. The minimum Gasteiger partial charge on any atom is -0.504 e. The number of aromatic hydroxyl groups is 2. The van der Waals surface area contributed by atoms with Gasteiger partial charge in [0.25, 0.3) is 0 Å². The molecule has 0 saturated carbocycles. The van der Waals surface area contributed by atoms with Crippen LogP contribution in [0.5, 0.6) is 11.5 Å². The Morgan fingerprint density at radius 1 is 1.05 bits per heavy atom. The van der Waals surface area contributed by atoms with Crippen LogP contribution in [0.15, 0.2) is 36.4 Å². The summed E-state index contributed by atoms with van der Waals surface area (Å²) in [4.78, 5) is 1.90. The second-order valence-electron chi connectivity index (χ2n) is 5.78. The molecule has 0 atom stereocenters. The van der Waals surface area contributed by atoms with Crippen molar-refractivity contribution in [2.75, 3.05) is 25.5 Å². The Balaban J connectivity index is 1.92. The molecule has 0 amide bonds. The van der Waals surface area contributed by atoms with Crippen molar-refractivity contribution in [2.24, 2.45) is 0 Å². The fraction of sp³-hybridized carbons (Fsp3) is 0.333. The zero-order valence-corrected chi connectivity index (χ0v) is 13.4. The molecule has 2 aromatic carbocycles. The number of benzene rings is 2. The van der Waals surface area contributed by atoms with Crippen LogP contribution in [0, 0.1) is 6.92 Å². The first-order valence-corrected chi connectivity index (χ1v) is 7.46. The van der Waals surface area contributed by atoms with Gasteiger partial charge < -0.3 is 20.4 Å². The molecule has 2 rings (SSSR count). The van der Waals surface area contributed by atoms with Crippen molar-refractivity contribution in [3.8, 4) is 11.5 Å². The van der Waals surface area contributed by atoms with E-state index in [2.05, 4.69) is 36.5 Å². The van der Waals surface area contributed by atoms with Gasteiger partial charge in [0.05, 0.1) is 0 Å². The van der Waals surface area contributed by atoms with Crippen LogP contribution in [0.25, 0.3) is 0 Å². The number of anilines is 1. The zero-order valence-electron chi connectivity index (χ0n) is 13.4. The fourth-order valence-electron chi connectivity index (χ4n) is 2.26. The maximum Gasteiger partial charge on any atom is 0.162 e. The monoisotopic (exact) mass is 300 g/mol. The van der Waals surface area contributed by atoms with Gasteiger partial charge in [-0.2, -0.15) is 0 Å². The van der Waals surface area contributed by atoms with Gasteiger partial charge in [-0.1, -0.05) is 29.8 Å². The van der Waals surface area contributed by atoms with Crippen molar-refractivity contribution in [3.63, 3.8) is 0 Å². The summed E-state index contributed by atoms with van der Waals surface area (Å²) < 4.78 is 0. The molecule has 0 radical (unpaired) electrons. The second kappa shape index (κ2) is 7.18. The lowest BCUT2D eigenvalue weighted by Gasteiger charge is -2.16. The highest BCUT2D eigenvalue weighted by molar-refractivity contribution is 5.58. The third-order valence-corrected chi connectivity index (χ3v) is 3.70. The Morgan fingerprint density at radius 3 is 2.36 bits per heavy atom. The average Bonchev–Trinajstić information content (AvgIpc) is 2.49. The van der Waals surface area contributed by atoms with Crippen molar-refractivity contribution in [2.45, 2.75) is 19.9 Å². The van der Waals surface area contributed by atoms with E-state index in [0.29, 0.717) is 12.1 Å². The number of phenolic OH excluding ortho intramolecular Hbond substituents is 2. The molecule has 2 aromatic rings. The SMILES string of the molecule is Cc1ccc(CCNCc2cc(N(C)C)cc(O)c2O)cc1. The van der Waals surface area contributed by atoms with Crippen LogP contribution in [0.1, 0.15) is 16.7 Å². The molecule has 4 nitrogen and oxygen atoms in total. The van der Waals surface area contributed by atoms with Crippen molar-refractivity contribution in [3.05, 3.63) is 53.1 Å². The molecule has 0 heterocycles. The van der Waals surface area contributed by atoms with E-state index in [1.165, 1.54) is 11.1 Å². The van der Waals surface area contributed by atoms with Crippen LogP contribution in [0.4, 0.5) is 5.69 Å². The summed E-state index contributed by atoms with van der Waals surface area (Å²) in [6.07, 6.45) is 0.931. The molecule has 0 aromatic heterocycles. The Bertz CT molecular complexity index is 622. The third-order valence-electron chi connectivity index (χ3n) is 3.70. The number of hydrogen-bond acceptors (Lipinski definition) is 4. The Kier molecular flexibility index (Phi) is 5.28. The molecule has 22 heavy (non-hydrogen) atoms. The largest absolute Gasteiger partial charge is 0.504 e. The number of hydrogen-bond donors (Lipinski definition) is 3. The second-order valence-corrected chi connectivity index (χ2v) is 5.78. The summed E-state index contributed by atoms with van der Waals surface area (Å²) in [7, 11) is 3.81. The Labute approximate surface area is 132 Å². The first kappa shape index (κ1) is 16.2. The molecule has 0 aliphatic carbocycles. The van der Waals surface area contributed by atoms with Crippen LogP contribution in [0.2, 0.25) is 0 Å². The minimum absolute atomic E-state index is 0.0477. The molecule has 0 aliphatic heterocycles. The number of nitrogens with one attached hydrogen (secondary N) is 1. The van der Waals surface area contributed by atoms with E-state index in [1.807, 2.05) is 25.1 Å². The summed E-state index contributed by atoms with van der Waals surface area (Å²) in [5, 5.41) is 23.0. The highest BCUT2D eigenvalue weighted by Gasteiger charge is 2.10. The van der Waals surface area contributed by atoms with E-state index >= 15 is 0 Å². The Morgan fingerprint density at radius 2 is 1.73 bits per heavy atom. The summed E-state index contributed by atoms with van der Waals surface area (Å²) in [6.45, 7) is 3.41. The molecular weight excluding hydrogens is 276 g/mol. The van der Waals surface area contributed by atoms with E-state index in [0.717, 1.165) is 18.7 Å². The molecule has 0 spiro atoms. The maximum atomic E-state index is 9.94. The maximum absolute atomic E-state index is 9.94. The molecule has 0 aliphatic rings. The summed E-state index contributed by atoms with van der Waals surface area (Å²) in [5.74, 6) is -0.130. The van der Waals surface area contributed by atoms with E-state index in [9.17, 15) is 10.2 Å². The van der Waals surface area contributed by atoms with E-state index < -0.39 is 0 Å². The summed E-state index contributed by atoms with van der Waals surface area (Å²) in [6, 6.07) is 11.9. The van der Waals surface area contributed by atoms with Gasteiger partial charge in [-0.25, -0.2) is 0 Å². The lowest BCUT2D eigenvalue weighted by Crippen LogP contribution is -2.17. The van der Waals surface area contributed by atoms with Crippen LogP contribution < -0.4 is 10.2 Å².